The van der Waals surface area contributed by atoms with Crippen LogP contribution >= 0.6 is 0 Å². The van der Waals surface area contributed by atoms with Gasteiger partial charge in [0, 0.05) is 0 Å². The van der Waals surface area contributed by atoms with Gasteiger partial charge in [0.2, 0.25) is 10.0 Å². The maximum atomic E-state index is 13.0. The first-order valence-corrected chi connectivity index (χ1v) is 9.40. The van der Waals surface area contributed by atoms with Crippen molar-refractivity contribution in [3.05, 3.63) is 65.5 Å². The fourth-order valence-electron chi connectivity index (χ4n) is 2.06. The molecule has 0 saturated carbocycles. The molecule has 2 rings (SSSR count). The third-order valence-corrected chi connectivity index (χ3v) is 4.50. The van der Waals surface area contributed by atoms with Gasteiger partial charge in [-0.25, -0.2) is 23.0 Å². The van der Waals surface area contributed by atoms with Crippen LogP contribution in [-0.2, 0) is 14.8 Å². The average molecular weight is 393 g/mol. The fourth-order valence-corrected chi connectivity index (χ4v) is 2.92. The monoisotopic (exact) mass is 393 g/mol. The number of carbonyl (C=O) groups is 2. The van der Waals surface area contributed by atoms with Gasteiger partial charge in [-0.3, -0.25) is 9.10 Å². The summed E-state index contributed by atoms with van der Waals surface area (Å²) in [6.07, 6.45) is 2.21. The summed E-state index contributed by atoms with van der Waals surface area (Å²) in [5.74, 6) is -2.30. The highest BCUT2D eigenvalue weighted by atomic mass is 32.2. The number of carboxylic acid groups (broad SMARTS) is 1. The van der Waals surface area contributed by atoms with Crippen molar-refractivity contribution in [1.29, 1.82) is 0 Å². The molecule has 0 fully saturated rings. The third-order valence-electron chi connectivity index (χ3n) is 3.36. The van der Waals surface area contributed by atoms with Gasteiger partial charge in [-0.05, 0) is 42.0 Å². The molecule has 0 aliphatic heterocycles. The summed E-state index contributed by atoms with van der Waals surface area (Å²) in [5, 5.41) is 12.5. The topological polar surface area (TPSA) is 116 Å². The van der Waals surface area contributed by atoms with E-state index in [1.165, 1.54) is 42.6 Å². The minimum absolute atomic E-state index is 0.110. The summed E-state index contributed by atoms with van der Waals surface area (Å²) in [5.41, 5.74) is 2.98. The number of rotatable bonds is 7. The van der Waals surface area contributed by atoms with Crippen molar-refractivity contribution in [1.82, 2.24) is 5.43 Å². The van der Waals surface area contributed by atoms with Gasteiger partial charge in [0.15, 0.2) is 0 Å². The molecular formula is C17H16FN3O5S. The molecule has 0 aliphatic carbocycles. The normalized spacial score (nSPS) is 11.3. The maximum Gasteiger partial charge on any atom is 0.335 e. The van der Waals surface area contributed by atoms with Crippen LogP contribution in [-0.4, -0.2) is 44.4 Å². The number of hydrogen-bond donors (Lipinski definition) is 2. The summed E-state index contributed by atoms with van der Waals surface area (Å²) < 4.78 is 37.6. The highest BCUT2D eigenvalue weighted by Crippen LogP contribution is 2.17. The first-order valence-electron chi connectivity index (χ1n) is 7.55. The fraction of sp³-hybridized carbons (Fsp3) is 0.118. The lowest BCUT2D eigenvalue weighted by Gasteiger charge is -2.21. The molecule has 0 saturated heterocycles. The molecule has 0 unspecified atom stereocenters. The van der Waals surface area contributed by atoms with Gasteiger partial charge in [0.05, 0.1) is 23.7 Å². The average Bonchev–Trinajstić information content (AvgIpc) is 2.60. The van der Waals surface area contributed by atoms with Crippen LogP contribution in [0.5, 0.6) is 0 Å². The van der Waals surface area contributed by atoms with Gasteiger partial charge in [-0.15, -0.1) is 0 Å². The molecule has 8 nitrogen and oxygen atoms in total. The van der Waals surface area contributed by atoms with Gasteiger partial charge >= 0.3 is 5.97 Å². The van der Waals surface area contributed by atoms with Gasteiger partial charge in [0.1, 0.15) is 12.4 Å². The van der Waals surface area contributed by atoms with Crippen molar-refractivity contribution >= 4 is 33.8 Å². The minimum atomic E-state index is -3.77. The largest absolute Gasteiger partial charge is 0.478 e. The van der Waals surface area contributed by atoms with E-state index in [0.717, 1.165) is 22.7 Å². The lowest BCUT2D eigenvalue weighted by molar-refractivity contribution is -0.119. The van der Waals surface area contributed by atoms with E-state index in [9.17, 15) is 22.4 Å². The number of anilines is 1. The number of nitrogens with zero attached hydrogens (tertiary/aromatic N) is 2. The Hall–Kier alpha value is -3.27. The molecule has 0 spiro atoms. The van der Waals surface area contributed by atoms with Crippen LogP contribution in [0.4, 0.5) is 10.1 Å². The van der Waals surface area contributed by atoms with Crippen molar-refractivity contribution in [3.63, 3.8) is 0 Å². The Bertz CT molecular complexity index is 957. The molecule has 1 amide bonds. The van der Waals surface area contributed by atoms with Crippen LogP contribution in [0.2, 0.25) is 0 Å². The Morgan fingerprint density at radius 1 is 1.15 bits per heavy atom. The van der Waals surface area contributed by atoms with Crippen molar-refractivity contribution in [2.45, 2.75) is 0 Å². The predicted octanol–water partition coefficient (Wildman–Crippen LogP) is 1.44. The van der Waals surface area contributed by atoms with Crippen LogP contribution in [0.25, 0.3) is 0 Å². The highest BCUT2D eigenvalue weighted by Gasteiger charge is 2.20. The molecule has 0 aromatic heterocycles. The SMILES string of the molecule is CS(=O)(=O)N(CC(=O)N/N=C\c1ccc(C(=O)O)cc1)c1ccc(F)cc1. The molecule has 2 aromatic carbocycles. The quantitative estimate of drug-likeness (QED) is 0.545. The van der Waals surface area contributed by atoms with Crippen LogP contribution in [0.1, 0.15) is 15.9 Å². The van der Waals surface area contributed by atoms with Crippen LogP contribution in [0.3, 0.4) is 0 Å². The van der Waals surface area contributed by atoms with Gasteiger partial charge in [-0.2, -0.15) is 5.10 Å². The predicted molar refractivity (Wildman–Crippen MR) is 97.7 cm³/mol. The number of hydrazone groups is 1. The van der Waals surface area contributed by atoms with Crippen molar-refractivity contribution in [2.24, 2.45) is 5.10 Å². The molecule has 2 aromatic rings. The first kappa shape index (κ1) is 20.0. The second-order valence-corrected chi connectivity index (χ2v) is 7.37. The number of amides is 1. The zero-order valence-corrected chi connectivity index (χ0v) is 15.0. The third kappa shape index (κ3) is 5.89. The van der Waals surface area contributed by atoms with E-state index in [4.69, 9.17) is 5.11 Å². The Labute approximate surface area is 155 Å². The first-order chi connectivity index (χ1) is 12.7. The van der Waals surface area contributed by atoms with Crippen LogP contribution in [0, 0.1) is 5.82 Å². The van der Waals surface area contributed by atoms with Crippen molar-refractivity contribution in [3.8, 4) is 0 Å². The molecular weight excluding hydrogens is 377 g/mol. The molecule has 10 heteroatoms. The zero-order chi connectivity index (χ0) is 20.0. The summed E-state index contributed by atoms with van der Waals surface area (Å²) >= 11 is 0. The van der Waals surface area contributed by atoms with E-state index >= 15 is 0 Å². The Kier molecular flexibility index (Phi) is 6.24. The van der Waals surface area contributed by atoms with E-state index in [-0.39, 0.29) is 11.3 Å². The van der Waals surface area contributed by atoms with Crippen LogP contribution in [0.15, 0.2) is 53.6 Å². The molecule has 27 heavy (non-hydrogen) atoms. The number of benzene rings is 2. The number of carboxylic acids is 1. The number of hydrogen-bond acceptors (Lipinski definition) is 5. The minimum Gasteiger partial charge on any atom is -0.478 e. The summed E-state index contributed by atoms with van der Waals surface area (Å²) in [7, 11) is -3.77. The molecule has 0 atom stereocenters. The summed E-state index contributed by atoms with van der Waals surface area (Å²) in [6, 6.07) is 10.4. The second kappa shape index (κ2) is 8.41. The summed E-state index contributed by atoms with van der Waals surface area (Å²) in [6.45, 7) is -0.542. The van der Waals surface area contributed by atoms with E-state index in [1.54, 1.807) is 0 Å². The Morgan fingerprint density at radius 2 is 1.74 bits per heavy atom. The lowest BCUT2D eigenvalue weighted by Crippen LogP contribution is -2.39. The summed E-state index contributed by atoms with van der Waals surface area (Å²) in [4.78, 5) is 22.8. The second-order valence-electron chi connectivity index (χ2n) is 5.47. The van der Waals surface area contributed by atoms with Crippen molar-refractivity contribution < 1.29 is 27.5 Å². The number of aromatic carboxylic acids is 1. The van der Waals surface area contributed by atoms with E-state index in [2.05, 4.69) is 10.5 Å². The standard InChI is InChI=1S/C17H16FN3O5S/c1-27(25,26)21(15-8-6-14(18)7-9-15)11-16(22)20-19-10-12-2-4-13(5-3-12)17(23)24/h2-10H,11H2,1H3,(H,20,22)(H,23,24)/b19-10-. The van der Waals surface area contributed by atoms with Crippen molar-refractivity contribution in [2.75, 3.05) is 17.1 Å². The maximum absolute atomic E-state index is 13.0. The Morgan fingerprint density at radius 3 is 2.26 bits per heavy atom. The van der Waals surface area contributed by atoms with Gasteiger partial charge < -0.3 is 5.11 Å². The molecule has 142 valence electrons. The molecule has 2 N–H and O–H groups in total. The Balaban J connectivity index is 2.03. The molecule has 0 radical (unpaired) electrons. The smallest absolute Gasteiger partial charge is 0.335 e. The van der Waals surface area contributed by atoms with Gasteiger partial charge in [0.25, 0.3) is 5.91 Å². The zero-order valence-electron chi connectivity index (χ0n) is 14.2. The lowest BCUT2D eigenvalue weighted by atomic mass is 10.1. The number of halogens is 1. The van der Waals surface area contributed by atoms with E-state index < -0.39 is 34.3 Å². The highest BCUT2D eigenvalue weighted by molar-refractivity contribution is 7.92. The molecule has 0 heterocycles. The van der Waals surface area contributed by atoms with E-state index in [1.807, 2.05) is 0 Å². The number of nitrogens with one attached hydrogen (secondary N) is 1. The van der Waals surface area contributed by atoms with Crippen LogP contribution < -0.4 is 9.73 Å². The molecule has 0 bridgehead atoms. The molecule has 0 aliphatic rings. The number of sulfonamides is 1. The van der Waals surface area contributed by atoms with Gasteiger partial charge in [-0.1, -0.05) is 12.1 Å². The van der Waals surface area contributed by atoms with E-state index in [0.29, 0.717) is 5.56 Å². The number of carbonyl (C=O) groups excluding carboxylic acids is 1.